The molecule has 0 bridgehead atoms. The first kappa shape index (κ1) is 13.2. The van der Waals surface area contributed by atoms with Gasteiger partial charge in [-0.05, 0) is 24.6 Å². The van der Waals surface area contributed by atoms with Crippen molar-refractivity contribution in [1.29, 1.82) is 0 Å². The highest BCUT2D eigenvalue weighted by Crippen LogP contribution is 2.10. The monoisotopic (exact) mass is 261 g/mol. The number of carbonyl (C=O) groups is 1. The summed E-state index contributed by atoms with van der Waals surface area (Å²) < 4.78 is 1.56. The summed E-state index contributed by atoms with van der Waals surface area (Å²) >= 11 is 0. The van der Waals surface area contributed by atoms with E-state index in [2.05, 4.69) is 15.3 Å². The summed E-state index contributed by atoms with van der Waals surface area (Å²) in [4.78, 5) is 15.1. The lowest BCUT2D eigenvalue weighted by Crippen LogP contribution is -2.14. The van der Waals surface area contributed by atoms with Gasteiger partial charge in [0.05, 0.1) is 12.2 Å². The van der Waals surface area contributed by atoms with Crippen LogP contribution in [0.3, 0.4) is 0 Å². The van der Waals surface area contributed by atoms with Gasteiger partial charge >= 0.3 is 5.97 Å². The van der Waals surface area contributed by atoms with Crippen LogP contribution in [0.4, 0.5) is 0 Å². The molecule has 0 amide bonds. The number of hydrogen-bond acceptors (Lipinski definition) is 5. The number of nitrogens with zero attached hydrogens (tertiary/aromatic N) is 4. The molecule has 3 N–H and O–H groups in total. The number of aromatic nitrogens is 4. The molecule has 0 aliphatic rings. The fraction of sp³-hybridized carbons (Fsp3) is 0.333. The van der Waals surface area contributed by atoms with Gasteiger partial charge in [-0.25, -0.2) is 9.48 Å². The van der Waals surface area contributed by atoms with E-state index in [1.807, 2.05) is 13.0 Å². The number of carboxylic acids is 1. The minimum Gasteiger partial charge on any atom is -0.476 e. The zero-order chi connectivity index (χ0) is 13.8. The fourth-order valence-electron chi connectivity index (χ4n) is 1.89. The fourth-order valence-corrected chi connectivity index (χ4v) is 1.89. The maximum Gasteiger partial charge on any atom is 0.358 e. The Balaban J connectivity index is 2.32. The number of pyridine rings is 1. The van der Waals surface area contributed by atoms with Crippen LogP contribution in [0.1, 0.15) is 27.3 Å². The topological polar surface area (TPSA) is 107 Å². The van der Waals surface area contributed by atoms with Crippen LogP contribution in [0.2, 0.25) is 0 Å². The smallest absolute Gasteiger partial charge is 0.358 e. The van der Waals surface area contributed by atoms with Gasteiger partial charge < -0.3 is 10.8 Å². The second kappa shape index (κ2) is 5.57. The predicted molar refractivity (Wildman–Crippen MR) is 67.8 cm³/mol. The minimum atomic E-state index is -1.09. The van der Waals surface area contributed by atoms with Crippen LogP contribution in [0.15, 0.2) is 18.5 Å². The maximum atomic E-state index is 11.0. The second-order valence-corrected chi connectivity index (χ2v) is 4.26. The van der Waals surface area contributed by atoms with Gasteiger partial charge in [0.2, 0.25) is 0 Å². The van der Waals surface area contributed by atoms with Crippen molar-refractivity contribution < 1.29 is 9.90 Å². The highest BCUT2D eigenvalue weighted by atomic mass is 16.4. The molecule has 19 heavy (non-hydrogen) atoms. The van der Waals surface area contributed by atoms with E-state index in [1.54, 1.807) is 17.1 Å². The molecule has 0 unspecified atom stereocenters. The normalized spacial score (nSPS) is 10.6. The molecule has 0 radical (unpaired) electrons. The molecule has 100 valence electrons. The average molecular weight is 261 g/mol. The standard InChI is InChI=1S/C12H15N5O2/c1-8-4-9(6-14-5-8)7-17-10(2-3-13)11(12(18)19)15-16-17/h4-6H,2-3,7,13H2,1H3,(H,18,19). The molecule has 7 heteroatoms. The molecule has 0 aromatic carbocycles. The Labute approximate surface area is 110 Å². The Kier molecular flexibility index (Phi) is 3.86. The van der Waals surface area contributed by atoms with Crippen LogP contribution in [0, 0.1) is 6.92 Å². The van der Waals surface area contributed by atoms with E-state index in [1.165, 1.54) is 0 Å². The van der Waals surface area contributed by atoms with Crippen LogP contribution in [-0.4, -0.2) is 37.6 Å². The molecule has 0 fully saturated rings. The zero-order valence-corrected chi connectivity index (χ0v) is 10.6. The SMILES string of the molecule is Cc1cncc(Cn2nnc(C(=O)O)c2CCN)c1. The first-order chi connectivity index (χ1) is 9.11. The van der Waals surface area contributed by atoms with Crippen molar-refractivity contribution in [1.82, 2.24) is 20.0 Å². The van der Waals surface area contributed by atoms with Crippen LogP contribution < -0.4 is 5.73 Å². The summed E-state index contributed by atoms with van der Waals surface area (Å²) in [6.07, 6.45) is 3.91. The summed E-state index contributed by atoms with van der Waals surface area (Å²) in [5.74, 6) is -1.09. The van der Waals surface area contributed by atoms with E-state index in [0.717, 1.165) is 11.1 Å². The summed E-state index contributed by atoms with van der Waals surface area (Å²) in [5.41, 5.74) is 7.99. The lowest BCUT2D eigenvalue weighted by molar-refractivity contribution is 0.0689. The Morgan fingerprint density at radius 3 is 2.89 bits per heavy atom. The Morgan fingerprint density at radius 2 is 2.26 bits per heavy atom. The van der Waals surface area contributed by atoms with Gasteiger partial charge in [0.15, 0.2) is 5.69 Å². The summed E-state index contributed by atoms with van der Waals surface area (Å²) in [6.45, 7) is 2.73. The van der Waals surface area contributed by atoms with Crippen molar-refractivity contribution >= 4 is 5.97 Å². The number of aromatic carboxylic acids is 1. The van der Waals surface area contributed by atoms with Crippen molar-refractivity contribution in [3.8, 4) is 0 Å². The Hall–Kier alpha value is -2.28. The van der Waals surface area contributed by atoms with E-state index in [0.29, 0.717) is 25.2 Å². The third-order valence-corrected chi connectivity index (χ3v) is 2.69. The van der Waals surface area contributed by atoms with Gasteiger partial charge in [-0.1, -0.05) is 11.3 Å². The van der Waals surface area contributed by atoms with Crippen molar-refractivity contribution in [2.75, 3.05) is 6.54 Å². The van der Waals surface area contributed by atoms with Gasteiger partial charge in [-0.15, -0.1) is 5.10 Å². The third-order valence-electron chi connectivity index (χ3n) is 2.69. The lowest BCUT2D eigenvalue weighted by Gasteiger charge is -2.06. The predicted octanol–water partition coefficient (Wildman–Crippen LogP) is 0.229. The Bertz CT molecular complexity index is 594. The molecule has 0 atom stereocenters. The molecule has 2 rings (SSSR count). The highest BCUT2D eigenvalue weighted by Gasteiger charge is 2.18. The first-order valence-corrected chi connectivity index (χ1v) is 5.88. The van der Waals surface area contributed by atoms with Gasteiger partial charge in [-0.2, -0.15) is 0 Å². The summed E-state index contributed by atoms with van der Waals surface area (Å²) in [5, 5.41) is 16.6. The molecule has 7 nitrogen and oxygen atoms in total. The molecule has 0 saturated heterocycles. The quantitative estimate of drug-likeness (QED) is 0.797. The van der Waals surface area contributed by atoms with Gasteiger partial charge in [0.25, 0.3) is 0 Å². The van der Waals surface area contributed by atoms with Crippen molar-refractivity contribution in [3.63, 3.8) is 0 Å². The van der Waals surface area contributed by atoms with Crippen molar-refractivity contribution in [2.24, 2.45) is 5.73 Å². The Morgan fingerprint density at radius 1 is 1.47 bits per heavy atom. The van der Waals surface area contributed by atoms with Crippen LogP contribution >= 0.6 is 0 Å². The van der Waals surface area contributed by atoms with Crippen LogP contribution in [-0.2, 0) is 13.0 Å². The molecule has 0 aliphatic heterocycles. The minimum absolute atomic E-state index is 0.0361. The molecule has 2 aromatic heterocycles. The van der Waals surface area contributed by atoms with E-state index in [4.69, 9.17) is 10.8 Å². The van der Waals surface area contributed by atoms with Crippen LogP contribution in [0.5, 0.6) is 0 Å². The number of nitrogens with two attached hydrogens (primary N) is 1. The average Bonchev–Trinajstić information content (AvgIpc) is 2.73. The van der Waals surface area contributed by atoms with Gasteiger partial charge in [0, 0.05) is 18.8 Å². The van der Waals surface area contributed by atoms with E-state index in [-0.39, 0.29) is 5.69 Å². The lowest BCUT2D eigenvalue weighted by atomic mass is 10.2. The largest absolute Gasteiger partial charge is 0.476 e. The van der Waals surface area contributed by atoms with Gasteiger partial charge in [0.1, 0.15) is 0 Å². The van der Waals surface area contributed by atoms with E-state index < -0.39 is 5.97 Å². The van der Waals surface area contributed by atoms with E-state index >= 15 is 0 Å². The highest BCUT2D eigenvalue weighted by molar-refractivity contribution is 5.86. The molecule has 0 spiro atoms. The molecule has 2 heterocycles. The summed E-state index contributed by atoms with van der Waals surface area (Å²) in [7, 11) is 0. The molecule has 2 aromatic rings. The number of aryl methyl sites for hydroxylation is 1. The number of carboxylic acid groups (broad SMARTS) is 1. The first-order valence-electron chi connectivity index (χ1n) is 5.88. The number of hydrogen-bond donors (Lipinski definition) is 2. The molecule has 0 aliphatic carbocycles. The number of rotatable bonds is 5. The zero-order valence-electron chi connectivity index (χ0n) is 10.6. The van der Waals surface area contributed by atoms with E-state index in [9.17, 15) is 4.79 Å². The van der Waals surface area contributed by atoms with Crippen molar-refractivity contribution in [3.05, 3.63) is 41.0 Å². The second-order valence-electron chi connectivity index (χ2n) is 4.26. The van der Waals surface area contributed by atoms with Gasteiger partial charge in [-0.3, -0.25) is 4.98 Å². The molecular formula is C12H15N5O2. The summed E-state index contributed by atoms with van der Waals surface area (Å²) in [6, 6.07) is 1.97. The van der Waals surface area contributed by atoms with Crippen LogP contribution in [0.25, 0.3) is 0 Å². The third kappa shape index (κ3) is 2.94. The maximum absolute atomic E-state index is 11.0. The molecule has 0 saturated carbocycles. The van der Waals surface area contributed by atoms with Crippen molar-refractivity contribution in [2.45, 2.75) is 19.9 Å². The molecular weight excluding hydrogens is 246 g/mol.